The lowest BCUT2D eigenvalue weighted by atomic mass is 9.78. The molecule has 0 saturated carbocycles. The fourth-order valence-corrected chi connectivity index (χ4v) is 2.55. The van der Waals surface area contributed by atoms with Crippen LogP contribution >= 0.6 is 0 Å². The van der Waals surface area contributed by atoms with E-state index in [-0.39, 0.29) is 18.9 Å². The van der Waals surface area contributed by atoms with Crippen molar-refractivity contribution in [3.63, 3.8) is 0 Å². The molecule has 1 fully saturated rings. The summed E-state index contributed by atoms with van der Waals surface area (Å²) in [5.41, 5.74) is -1.18. The Morgan fingerprint density at radius 2 is 1.75 bits per heavy atom. The smallest absolute Gasteiger partial charge is 0.489 e. The largest absolute Gasteiger partial charge is 0.498 e. The zero-order valence-electron chi connectivity index (χ0n) is 18.1. The van der Waals surface area contributed by atoms with E-state index in [2.05, 4.69) is 0 Å². The first-order valence-corrected chi connectivity index (χ1v) is 9.44. The van der Waals surface area contributed by atoms with Crippen LogP contribution in [0.5, 0.6) is 5.75 Å². The standard InChI is InChI=1S/C20H31BFNO5/c1-18(2,3)26-17(24)23(8)12-13-25-16-14(10-9-11-15(16)22)21-27-19(4,5)20(6,7)28-21/h9-11H,12-13H2,1-8H3. The predicted octanol–water partition coefficient (Wildman–Crippen LogP) is 3.37. The van der Waals surface area contributed by atoms with Gasteiger partial charge in [-0.15, -0.1) is 0 Å². The minimum absolute atomic E-state index is 0.0681. The van der Waals surface area contributed by atoms with Crippen molar-refractivity contribution in [3.05, 3.63) is 24.0 Å². The predicted molar refractivity (Wildman–Crippen MR) is 106 cm³/mol. The van der Waals surface area contributed by atoms with E-state index in [0.29, 0.717) is 5.46 Å². The first-order valence-electron chi connectivity index (χ1n) is 9.44. The van der Waals surface area contributed by atoms with Gasteiger partial charge in [0.15, 0.2) is 11.6 Å². The maximum atomic E-state index is 14.5. The van der Waals surface area contributed by atoms with Gasteiger partial charge in [0.05, 0.1) is 17.7 Å². The van der Waals surface area contributed by atoms with Crippen LogP contribution in [0.1, 0.15) is 48.5 Å². The molecule has 156 valence electrons. The maximum absolute atomic E-state index is 14.5. The summed E-state index contributed by atoms with van der Waals surface area (Å²) in [6.45, 7) is 13.5. The van der Waals surface area contributed by atoms with Gasteiger partial charge in [-0.25, -0.2) is 9.18 Å². The lowest BCUT2D eigenvalue weighted by molar-refractivity contribution is 0.00578. The fourth-order valence-electron chi connectivity index (χ4n) is 2.55. The zero-order chi connectivity index (χ0) is 21.3. The SMILES string of the molecule is CN(CCOc1c(F)cccc1B1OC(C)(C)C(C)(C)O1)C(=O)OC(C)(C)C. The molecule has 0 radical (unpaired) electrons. The summed E-state index contributed by atoms with van der Waals surface area (Å²) in [6, 6.07) is 4.63. The molecule has 8 heteroatoms. The van der Waals surface area contributed by atoms with Gasteiger partial charge in [0.2, 0.25) is 0 Å². The third-order valence-electron chi connectivity index (χ3n) is 4.88. The molecule has 1 amide bonds. The summed E-state index contributed by atoms with van der Waals surface area (Å²) in [5.74, 6) is -0.439. The molecule has 1 aliphatic rings. The molecule has 1 aliphatic heterocycles. The maximum Gasteiger partial charge on any atom is 0.498 e. The Kier molecular flexibility index (Phi) is 6.36. The molecule has 0 unspecified atom stereocenters. The van der Waals surface area contributed by atoms with Crippen molar-refractivity contribution in [3.8, 4) is 5.75 Å². The van der Waals surface area contributed by atoms with Crippen molar-refractivity contribution in [2.24, 2.45) is 0 Å². The second-order valence-electron chi connectivity index (χ2n) is 9.00. The van der Waals surface area contributed by atoms with Gasteiger partial charge < -0.3 is 23.7 Å². The molecule has 0 atom stereocenters. The average molecular weight is 395 g/mol. The Bertz CT molecular complexity index is 701. The van der Waals surface area contributed by atoms with Gasteiger partial charge >= 0.3 is 13.2 Å². The quantitative estimate of drug-likeness (QED) is 0.716. The van der Waals surface area contributed by atoms with Crippen LogP contribution in [0.3, 0.4) is 0 Å². The highest BCUT2D eigenvalue weighted by Crippen LogP contribution is 2.37. The van der Waals surface area contributed by atoms with E-state index in [1.165, 1.54) is 11.0 Å². The van der Waals surface area contributed by atoms with Crippen LogP contribution in [-0.4, -0.2) is 55.1 Å². The monoisotopic (exact) mass is 395 g/mol. The molecule has 0 spiro atoms. The topological polar surface area (TPSA) is 57.2 Å². The van der Waals surface area contributed by atoms with E-state index in [1.807, 2.05) is 27.7 Å². The third kappa shape index (κ3) is 5.17. The number of para-hydroxylation sites is 1. The Hall–Kier alpha value is -1.80. The average Bonchev–Trinajstić information content (AvgIpc) is 2.75. The summed E-state index contributed by atoms with van der Waals surface area (Å²) in [7, 11) is 0.868. The molecule has 6 nitrogen and oxygen atoms in total. The van der Waals surface area contributed by atoms with Crippen molar-refractivity contribution >= 4 is 18.7 Å². The summed E-state index contributed by atoms with van der Waals surface area (Å²) in [4.78, 5) is 13.4. The van der Waals surface area contributed by atoms with Crippen molar-refractivity contribution in [2.45, 2.75) is 65.3 Å². The molecular weight excluding hydrogens is 364 g/mol. The van der Waals surface area contributed by atoms with Gasteiger partial charge in [0.25, 0.3) is 0 Å². The molecule has 1 saturated heterocycles. The molecule has 28 heavy (non-hydrogen) atoms. The molecule has 2 rings (SSSR count). The summed E-state index contributed by atoms with van der Waals surface area (Å²) in [5, 5.41) is 0. The highest BCUT2D eigenvalue weighted by molar-refractivity contribution is 6.63. The van der Waals surface area contributed by atoms with Gasteiger partial charge in [-0.3, -0.25) is 0 Å². The lowest BCUT2D eigenvalue weighted by Crippen LogP contribution is -2.41. The second-order valence-corrected chi connectivity index (χ2v) is 9.00. The number of amides is 1. The number of carbonyl (C=O) groups excluding carboxylic acids is 1. The first-order chi connectivity index (χ1) is 12.7. The van der Waals surface area contributed by atoms with Gasteiger partial charge in [-0.05, 0) is 54.5 Å². The summed E-state index contributed by atoms with van der Waals surface area (Å²) < 4.78 is 37.5. The van der Waals surface area contributed by atoms with Gasteiger partial charge in [0.1, 0.15) is 12.2 Å². The Labute approximate surface area is 167 Å². The van der Waals surface area contributed by atoms with Gasteiger partial charge in [-0.1, -0.05) is 12.1 Å². The van der Waals surface area contributed by atoms with E-state index < -0.39 is 35.8 Å². The van der Waals surface area contributed by atoms with E-state index in [9.17, 15) is 9.18 Å². The van der Waals surface area contributed by atoms with Crippen LogP contribution in [0.15, 0.2) is 18.2 Å². The van der Waals surface area contributed by atoms with Crippen molar-refractivity contribution in [1.82, 2.24) is 4.90 Å². The molecule has 0 N–H and O–H groups in total. The number of halogens is 1. The Morgan fingerprint density at radius 3 is 2.29 bits per heavy atom. The van der Waals surface area contributed by atoms with Crippen LogP contribution < -0.4 is 10.2 Å². The van der Waals surface area contributed by atoms with Crippen LogP contribution in [0.25, 0.3) is 0 Å². The second kappa shape index (κ2) is 7.91. The molecule has 1 aromatic rings. The number of nitrogens with zero attached hydrogens (tertiary/aromatic N) is 1. The van der Waals surface area contributed by atoms with Crippen LogP contribution in [0.4, 0.5) is 9.18 Å². The number of carbonyl (C=O) groups is 1. The van der Waals surface area contributed by atoms with E-state index in [1.54, 1.807) is 40.0 Å². The highest BCUT2D eigenvalue weighted by Gasteiger charge is 2.52. The number of ether oxygens (including phenoxy) is 2. The Balaban J connectivity index is 2.06. The molecule has 0 aliphatic carbocycles. The molecule has 0 bridgehead atoms. The lowest BCUT2D eigenvalue weighted by Gasteiger charge is -2.32. The van der Waals surface area contributed by atoms with Crippen LogP contribution in [-0.2, 0) is 14.0 Å². The first kappa shape index (κ1) is 22.5. The van der Waals surface area contributed by atoms with Crippen molar-refractivity contribution in [2.75, 3.05) is 20.2 Å². The van der Waals surface area contributed by atoms with E-state index >= 15 is 0 Å². The fraction of sp³-hybridized carbons (Fsp3) is 0.650. The van der Waals surface area contributed by atoms with Gasteiger partial charge in [0, 0.05) is 12.5 Å². The normalized spacial score (nSPS) is 18.1. The summed E-state index contributed by atoms with van der Waals surface area (Å²) in [6.07, 6.45) is -0.462. The Morgan fingerprint density at radius 1 is 1.18 bits per heavy atom. The molecule has 0 aromatic heterocycles. The highest BCUT2D eigenvalue weighted by atomic mass is 19.1. The van der Waals surface area contributed by atoms with Crippen molar-refractivity contribution < 1.29 is 28.0 Å². The zero-order valence-corrected chi connectivity index (χ0v) is 18.1. The minimum atomic E-state index is -0.737. The molecule has 1 heterocycles. The van der Waals surface area contributed by atoms with Crippen LogP contribution in [0.2, 0.25) is 0 Å². The van der Waals surface area contributed by atoms with E-state index in [4.69, 9.17) is 18.8 Å². The van der Waals surface area contributed by atoms with Crippen LogP contribution in [0, 0.1) is 5.82 Å². The molecular formula is C20H31BFNO5. The molecule has 1 aromatic carbocycles. The minimum Gasteiger partial charge on any atom is -0.489 e. The number of rotatable bonds is 5. The number of benzene rings is 1. The number of hydrogen-bond donors (Lipinski definition) is 0. The number of hydrogen-bond acceptors (Lipinski definition) is 5. The van der Waals surface area contributed by atoms with E-state index in [0.717, 1.165) is 0 Å². The van der Waals surface area contributed by atoms with Gasteiger partial charge in [-0.2, -0.15) is 0 Å². The summed E-state index contributed by atoms with van der Waals surface area (Å²) >= 11 is 0. The van der Waals surface area contributed by atoms with Crippen molar-refractivity contribution in [1.29, 1.82) is 0 Å². The number of likely N-dealkylation sites (N-methyl/N-ethyl adjacent to an activating group) is 1. The third-order valence-corrected chi connectivity index (χ3v) is 4.88.